The minimum absolute atomic E-state index is 0.709. The third-order valence-corrected chi connectivity index (χ3v) is 2.09. The van der Waals surface area contributed by atoms with Crippen LogP contribution >= 0.6 is 0 Å². The Morgan fingerprint density at radius 2 is 1.94 bits per heavy atom. The van der Waals surface area contributed by atoms with Crippen LogP contribution in [0.25, 0.3) is 0 Å². The molecule has 1 aromatic rings. The van der Waals surface area contributed by atoms with E-state index < -0.39 is 0 Å². The van der Waals surface area contributed by atoms with Crippen molar-refractivity contribution in [1.82, 2.24) is 15.0 Å². The van der Waals surface area contributed by atoms with Gasteiger partial charge >= 0.3 is 0 Å². The molecule has 1 heterocycles. The lowest BCUT2D eigenvalue weighted by Gasteiger charge is -2.22. The van der Waals surface area contributed by atoms with Gasteiger partial charge in [0, 0.05) is 47.2 Å². The number of nitrogens with zero attached hydrogens (tertiary/aromatic N) is 4. The third kappa shape index (κ3) is 3.56. The van der Waals surface area contributed by atoms with Crippen LogP contribution in [0.2, 0.25) is 0 Å². The van der Waals surface area contributed by atoms with Crippen LogP contribution in [0.15, 0.2) is 15.6 Å². The molecule has 1 rings (SSSR count). The first-order chi connectivity index (χ1) is 7.50. The van der Waals surface area contributed by atoms with Crippen molar-refractivity contribution < 1.29 is 4.52 Å². The molecule has 0 N–H and O–H groups in total. The first kappa shape index (κ1) is 12.5. The summed E-state index contributed by atoms with van der Waals surface area (Å²) in [6, 6.07) is 1.94. The monoisotopic (exact) mass is 224 g/mol. The quantitative estimate of drug-likeness (QED) is 0.567. The van der Waals surface area contributed by atoms with E-state index in [2.05, 4.69) is 10.1 Å². The molecule has 5 nitrogen and oxygen atoms in total. The van der Waals surface area contributed by atoms with Gasteiger partial charge in [-0.3, -0.25) is 4.99 Å². The van der Waals surface area contributed by atoms with Crippen molar-refractivity contribution in [1.29, 1.82) is 0 Å². The van der Waals surface area contributed by atoms with Crippen LogP contribution in [-0.2, 0) is 6.42 Å². The van der Waals surface area contributed by atoms with Crippen LogP contribution in [0.3, 0.4) is 0 Å². The summed E-state index contributed by atoms with van der Waals surface area (Å²) in [6.07, 6.45) is 0.784. The van der Waals surface area contributed by atoms with E-state index in [9.17, 15) is 0 Å². The molecule has 90 valence electrons. The van der Waals surface area contributed by atoms with Gasteiger partial charge in [-0.05, 0) is 6.92 Å². The minimum Gasteiger partial charge on any atom is -0.361 e. The van der Waals surface area contributed by atoms with Gasteiger partial charge in [-0.25, -0.2) is 0 Å². The molecule has 0 fully saturated rings. The third-order valence-electron chi connectivity index (χ3n) is 2.09. The second-order valence-corrected chi connectivity index (χ2v) is 4.16. The normalized spacial score (nSPS) is 10.1. The van der Waals surface area contributed by atoms with E-state index in [4.69, 9.17) is 4.52 Å². The van der Waals surface area contributed by atoms with Crippen LogP contribution in [0.1, 0.15) is 11.5 Å². The molecule has 0 unspecified atom stereocenters. The molecular formula is C11H20N4O. The number of aliphatic imine (C=N–C) groups is 1. The molecule has 0 saturated carbocycles. The Balaban J connectivity index is 2.51. The molecule has 0 bridgehead atoms. The zero-order valence-corrected chi connectivity index (χ0v) is 10.7. The van der Waals surface area contributed by atoms with Gasteiger partial charge < -0.3 is 14.3 Å². The summed E-state index contributed by atoms with van der Waals surface area (Å²) in [5.41, 5.74) is 0.916. The highest BCUT2D eigenvalue weighted by Crippen LogP contribution is 2.03. The lowest BCUT2D eigenvalue weighted by Crippen LogP contribution is -2.35. The first-order valence-corrected chi connectivity index (χ1v) is 5.32. The van der Waals surface area contributed by atoms with E-state index >= 15 is 0 Å². The van der Waals surface area contributed by atoms with Crippen LogP contribution in [0, 0.1) is 6.92 Å². The summed E-state index contributed by atoms with van der Waals surface area (Å²) in [7, 11) is 7.93. The molecule has 0 radical (unpaired) electrons. The summed E-state index contributed by atoms with van der Waals surface area (Å²) < 4.78 is 5.12. The number of hydrogen-bond acceptors (Lipinski definition) is 3. The van der Waals surface area contributed by atoms with Gasteiger partial charge in [0.25, 0.3) is 0 Å². The average molecular weight is 224 g/mol. The largest absolute Gasteiger partial charge is 0.361 e. The molecule has 0 aliphatic rings. The molecule has 0 aliphatic carbocycles. The Labute approximate surface area is 96.7 Å². The standard InChI is InChI=1S/C11H20N4O/c1-9-8-10(16-13-9)6-7-12-11(14(2)3)15(4)5/h8H,6-7H2,1-5H3. The minimum atomic E-state index is 0.709. The number of guanidine groups is 1. The maximum absolute atomic E-state index is 5.12. The van der Waals surface area contributed by atoms with Gasteiger partial charge in [-0.1, -0.05) is 5.16 Å². The molecule has 0 atom stereocenters. The van der Waals surface area contributed by atoms with E-state index in [0.717, 1.165) is 23.8 Å². The smallest absolute Gasteiger partial charge is 0.195 e. The summed E-state index contributed by atoms with van der Waals surface area (Å²) in [5, 5.41) is 3.84. The predicted molar refractivity (Wildman–Crippen MR) is 64.6 cm³/mol. The zero-order valence-electron chi connectivity index (χ0n) is 10.7. The SMILES string of the molecule is Cc1cc(CCN=C(N(C)C)N(C)C)on1. The Hall–Kier alpha value is -1.52. The van der Waals surface area contributed by atoms with Crippen molar-refractivity contribution in [3.8, 4) is 0 Å². The molecule has 1 aromatic heterocycles. The first-order valence-electron chi connectivity index (χ1n) is 5.32. The van der Waals surface area contributed by atoms with Crippen LogP contribution in [0.4, 0.5) is 0 Å². The topological polar surface area (TPSA) is 44.9 Å². The highest BCUT2D eigenvalue weighted by atomic mass is 16.5. The van der Waals surface area contributed by atoms with Crippen molar-refractivity contribution in [2.45, 2.75) is 13.3 Å². The second kappa shape index (κ2) is 5.53. The van der Waals surface area contributed by atoms with E-state index in [1.165, 1.54) is 0 Å². The van der Waals surface area contributed by atoms with Crippen LogP contribution in [-0.4, -0.2) is 55.7 Å². The highest BCUT2D eigenvalue weighted by Gasteiger charge is 2.04. The summed E-state index contributed by atoms with van der Waals surface area (Å²) in [5.74, 6) is 1.84. The summed E-state index contributed by atoms with van der Waals surface area (Å²) >= 11 is 0. The maximum Gasteiger partial charge on any atom is 0.195 e. The lowest BCUT2D eigenvalue weighted by atomic mass is 10.3. The van der Waals surface area contributed by atoms with E-state index in [-0.39, 0.29) is 0 Å². The van der Waals surface area contributed by atoms with Gasteiger partial charge in [0.2, 0.25) is 0 Å². The number of rotatable bonds is 3. The highest BCUT2D eigenvalue weighted by molar-refractivity contribution is 5.79. The van der Waals surface area contributed by atoms with Gasteiger partial charge in [-0.2, -0.15) is 0 Å². The number of aryl methyl sites for hydroxylation is 1. The lowest BCUT2D eigenvalue weighted by molar-refractivity contribution is 0.380. The van der Waals surface area contributed by atoms with Crippen molar-refractivity contribution in [2.24, 2.45) is 4.99 Å². The Morgan fingerprint density at radius 3 is 2.38 bits per heavy atom. The molecule has 5 heteroatoms. The fraction of sp³-hybridized carbons (Fsp3) is 0.636. The molecular weight excluding hydrogens is 204 g/mol. The van der Waals surface area contributed by atoms with Crippen molar-refractivity contribution in [3.05, 3.63) is 17.5 Å². The fourth-order valence-electron chi connectivity index (χ4n) is 1.48. The van der Waals surface area contributed by atoms with Crippen molar-refractivity contribution >= 4 is 5.96 Å². The predicted octanol–water partition coefficient (Wildman–Crippen LogP) is 1.00. The van der Waals surface area contributed by atoms with E-state index in [1.807, 2.05) is 51.0 Å². The number of aromatic nitrogens is 1. The average Bonchev–Trinajstić information content (AvgIpc) is 2.57. The Morgan fingerprint density at radius 1 is 1.31 bits per heavy atom. The molecule has 0 amide bonds. The van der Waals surface area contributed by atoms with Gasteiger partial charge in [0.1, 0.15) is 5.76 Å². The Kier molecular flexibility index (Phi) is 4.34. The van der Waals surface area contributed by atoms with Crippen molar-refractivity contribution in [3.63, 3.8) is 0 Å². The van der Waals surface area contributed by atoms with Crippen LogP contribution in [0.5, 0.6) is 0 Å². The fourth-order valence-corrected chi connectivity index (χ4v) is 1.48. The summed E-state index contributed by atoms with van der Waals surface area (Å²) in [4.78, 5) is 8.49. The van der Waals surface area contributed by atoms with Gasteiger partial charge in [0.15, 0.2) is 5.96 Å². The van der Waals surface area contributed by atoms with Gasteiger partial charge in [-0.15, -0.1) is 0 Å². The van der Waals surface area contributed by atoms with E-state index in [0.29, 0.717) is 6.54 Å². The zero-order chi connectivity index (χ0) is 12.1. The van der Waals surface area contributed by atoms with E-state index in [1.54, 1.807) is 0 Å². The number of hydrogen-bond donors (Lipinski definition) is 0. The summed E-state index contributed by atoms with van der Waals surface area (Å²) in [6.45, 7) is 2.63. The second-order valence-electron chi connectivity index (χ2n) is 4.16. The molecule has 0 aliphatic heterocycles. The van der Waals surface area contributed by atoms with Crippen LogP contribution < -0.4 is 0 Å². The van der Waals surface area contributed by atoms with Gasteiger partial charge in [0.05, 0.1) is 5.69 Å². The molecule has 0 aromatic carbocycles. The Bertz CT molecular complexity index is 345. The molecule has 16 heavy (non-hydrogen) atoms. The molecule has 0 saturated heterocycles. The maximum atomic E-state index is 5.12. The molecule has 0 spiro atoms. The van der Waals surface area contributed by atoms with Crippen molar-refractivity contribution in [2.75, 3.05) is 34.7 Å².